The highest BCUT2D eigenvalue weighted by molar-refractivity contribution is 5.77. The van der Waals surface area contributed by atoms with Gasteiger partial charge in [0.05, 0.1) is 23.3 Å². The lowest BCUT2D eigenvalue weighted by molar-refractivity contribution is 0.0202. The van der Waals surface area contributed by atoms with E-state index < -0.39 is 23.5 Å². The van der Waals surface area contributed by atoms with Gasteiger partial charge in [-0.3, -0.25) is 9.36 Å². The second kappa shape index (κ2) is 11.9. The molecule has 1 aliphatic carbocycles. The summed E-state index contributed by atoms with van der Waals surface area (Å²) in [5, 5.41) is 3.79. The molecule has 0 bridgehead atoms. The second-order valence-corrected chi connectivity index (χ2v) is 13.0. The fourth-order valence-corrected chi connectivity index (χ4v) is 7.86. The molecule has 2 amide bonds. The van der Waals surface area contributed by atoms with E-state index in [1.54, 1.807) is 15.8 Å². The number of hydrogen-bond acceptors (Lipinski definition) is 4. The summed E-state index contributed by atoms with van der Waals surface area (Å²) in [6, 6.07) is 7.15. The Kier molecular flexibility index (Phi) is 8.24. The van der Waals surface area contributed by atoms with Crippen molar-refractivity contribution in [2.75, 3.05) is 19.6 Å². The molecule has 230 valence electrons. The number of rotatable bonds is 5. The van der Waals surface area contributed by atoms with Gasteiger partial charge in [-0.1, -0.05) is 26.7 Å². The summed E-state index contributed by atoms with van der Waals surface area (Å²) in [4.78, 5) is 35.5. The molecule has 3 heterocycles. The van der Waals surface area contributed by atoms with Crippen LogP contribution in [0.25, 0.3) is 10.9 Å². The third kappa shape index (κ3) is 5.90. The van der Waals surface area contributed by atoms with Gasteiger partial charge in [0, 0.05) is 43.8 Å². The van der Waals surface area contributed by atoms with Crippen molar-refractivity contribution in [3.8, 4) is 0 Å². The third-order valence-electron chi connectivity index (χ3n) is 9.93. The minimum atomic E-state index is -0.576. The van der Waals surface area contributed by atoms with Crippen molar-refractivity contribution < 1.29 is 18.0 Å². The molecule has 10 heteroatoms. The van der Waals surface area contributed by atoms with E-state index in [-0.39, 0.29) is 46.0 Å². The minimum Gasteiger partial charge on any atom is -0.324 e. The molecule has 1 saturated carbocycles. The number of likely N-dealkylation sites (tertiary alicyclic amines) is 2. The van der Waals surface area contributed by atoms with Crippen molar-refractivity contribution in [1.82, 2.24) is 24.7 Å². The molecular weight excluding hydrogens is 555 g/mol. The molecule has 3 atom stereocenters. The molecule has 43 heavy (non-hydrogen) atoms. The maximum absolute atomic E-state index is 15.1. The molecule has 0 radical (unpaired) electrons. The summed E-state index contributed by atoms with van der Waals surface area (Å²) in [6.45, 7) is 6.10. The Balaban J connectivity index is 1.24. The molecule has 2 aromatic carbocycles. The Morgan fingerprint density at radius 2 is 1.79 bits per heavy atom. The van der Waals surface area contributed by atoms with E-state index in [2.05, 4.69) is 24.1 Å². The SMILES string of the molecule is CC(C)N[C@@H]1CCN(C(=O)N2CCC(Cn3cnc4ccc(F)cc4c3=O)C3(CCCC3)C2)[C@H](c2cc(F)ccc2F)C1. The van der Waals surface area contributed by atoms with Gasteiger partial charge in [0.1, 0.15) is 17.5 Å². The van der Waals surface area contributed by atoms with Crippen LogP contribution < -0.4 is 10.9 Å². The lowest BCUT2D eigenvalue weighted by atomic mass is 9.69. The lowest BCUT2D eigenvalue weighted by Gasteiger charge is -2.49. The van der Waals surface area contributed by atoms with Gasteiger partial charge in [-0.15, -0.1) is 0 Å². The number of urea groups is 1. The smallest absolute Gasteiger partial charge is 0.320 e. The van der Waals surface area contributed by atoms with Crippen molar-refractivity contribution in [2.24, 2.45) is 11.3 Å². The quantitative estimate of drug-likeness (QED) is 0.392. The number of amides is 2. The molecule has 2 aliphatic heterocycles. The number of piperidine rings is 2. The highest BCUT2D eigenvalue weighted by Gasteiger charge is 2.48. The number of benzene rings is 2. The van der Waals surface area contributed by atoms with Crippen LogP contribution in [0.2, 0.25) is 0 Å². The molecule has 1 N–H and O–H groups in total. The van der Waals surface area contributed by atoms with Gasteiger partial charge in [-0.2, -0.15) is 0 Å². The molecule has 1 unspecified atom stereocenters. The zero-order valence-electron chi connectivity index (χ0n) is 24.9. The number of carbonyl (C=O) groups is 1. The van der Waals surface area contributed by atoms with Crippen molar-refractivity contribution in [3.63, 3.8) is 0 Å². The van der Waals surface area contributed by atoms with Crippen molar-refractivity contribution >= 4 is 16.9 Å². The van der Waals surface area contributed by atoms with Gasteiger partial charge in [-0.25, -0.2) is 22.9 Å². The standard InChI is InChI=1S/C33H40F3N5O2/c1-21(2)38-25-10-14-41(30(17-25)26-15-23(34)5-7-28(26)36)32(43)39-13-9-22(33(19-39)11-3-4-12-33)18-40-20-37-29-8-6-24(35)16-27(29)31(40)42/h5-8,15-16,20-22,25,30,38H,3-4,9-14,17-19H2,1-2H3/t22?,25-,30+/m1/s1. The first-order valence-electron chi connectivity index (χ1n) is 15.5. The van der Waals surface area contributed by atoms with E-state index >= 15 is 4.39 Å². The molecule has 3 aromatic rings. The first-order chi connectivity index (χ1) is 20.6. The summed E-state index contributed by atoms with van der Waals surface area (Å²) in [5.74, 6) is -1.34. The van der Waals surface area contributed by atoms with Crippen LogP contribution in [-0.2, 0) is 6.54 Å². The van der Waals surface area contributed by atoms with Crippen molar-refractivity contribution in [2.45, 2.75) is 83.5 Å². The summed E-state index contributed by atoms with van der Waals surface area (Å²) >= 11 is 0. The number of nitrogens with zero attached hydrogens (tertiary/aromatic N) is 4. The van der Waals surface area contributed by atoms with E-state index in [1.165, 1.54) is 24.3 Å². The number of fused-ring (bicyclic) bond motifs is 1. The van der Waals surface area contributed by atoms with E-state index in [4.69, 9.17) is 0 Å². The van der Waals surface area contributed by atoms with Crippen LogP contribution in [0.1, 0.15) is 70.4 Å². The summed E-state index contributed by atoms with van der Waals surface area (Å²) in [5.41, 5.74) is 0.277. The predicted molar refractivity (Wildman–Crippen MR) is 159 cm³/mol. The molecular formula is C33H40F3N5O2. The molecule has 3 fully saturated rings. The highest BCUT2D eigenvalue weighted by atomic mass is 19.1. The molecule has 3 aliphatic rings. The number of halogens is 3. The average Bonchev–Trinajstić information content (AvgIpc) is 3.45. The Labute approximate surface area is 250 Å². The Morgan fingerprint density at radius 1 is 1.05 bits per heavy atom. The van der Waals surface area contributed by atoms with Crippen molar-refractivity contribution in [3.05, 3.63) is 76.1 Å². The van der Waals surface area contributed by atoms with Crippen LogP contribution in [0.4, 0.5) is 18.0 Å². The normalized spacial score (nSPS) is 23.9. The Bertz CT molecular complexity index is 1550. The molecule has 2 saturated heterocycles. The lowest BCUT2D eigenvalue weighted by Crippen LogP contribution is -2.57. The predicted octanol–water partition coefficient (Wildman–Crippen LogP) is 6.02. The maximum atomic E-state index is 15.1. The average molecular weight is 596 g/mol. The third-order valence-corrected chi connectivity index (χ3v) is 9.93. The van der Waals surface area contributed by atoms with E-state index in [0.717, 1.165) is 44.2 Å². The van der Waals surface area contributed by atoms with Gasteiger partial charge < -0.3 is 15.1 Å². The van der Waals surface area contributed by atoms with Crippen LogP contribution in [0.5, 0.6) is 0 Å². The van der Waals surface area contributed by atoms with E-state index in [0.29, 0.717) is 44.5 Å². The van der Waals surface area contributed by atoms with Crippen LogP contribution in [0, 0.1) is 28.8 Å². The largest absolute Gasteiger partial charge is 0.324 e. The monoisotopic (exact) mass is 595 g/mol. The number of hydrogen-bond donors (Lipinski definition) is 1. The molecule has 1 spiro atoms. The zero-order chi connectivity index (χ0) is 30.3. The minimum absolute atomic E-state index is 0.0889. The number of aromatic nitrogens is 2. The maximum Gasteiger partial charge on any atom is 0.320 e. The van der Waals surface area contributed by atoms with E-state index in [1.807, 2.05) is 4.90 Å². The molecule has 7 nitrogen and oxygen atoms in total. The molecule has 1 aromatic heterocycles. The molecule has 6 rings (SSSR count). The topological polar surface area (TPSA) is 70.5 Å². The first kappa shape index (κ1) is 29.7. The Morgan fingerprint density at radius 3 is 2.56 bits per heavy atom. The van der Waals surface area contributed by atoms with Gasteiger partial charge in [0.25, 0.3) is 5.56 Å². The van der Waals surface area contributed by atoms with Crippen LogP contribution in [0.15, 0.2) is 47.5 Å². The highest BCUT2D eigenvalue weighted by Crippen LogP contribution is 2.49. The fourth-order valence-electron chi connectivity index (χ4n) is 7.86. The van der Waals surface area contributed by atoms with Gasteiger partial charge in [0.2, 0.25) is 0 Å². The van der Waals surface area contributed by atoms with Crippen LogP contribution in [-0.4, -0.2) is 57.1 Å². The first-order valence-corrected chi connectivity index (χ1v) is 15.5. The van der Waals surface area contributed by atoms with Crippen LogP contribution >= 0.6 is 0 Å². The fraction of sp³-hybridized carbons (Fsp3) is 0.545. The van der Waals surface area contributed by atoms with Gasteiger partial charge >= 0.3 is 6.03 Å². The number of nitrogens with one attached hydrogen (secondary N) is 1. The van der Waals surface area contributed by atoms with Crippen LogP contribution in [0.3, 0.4) is 0 Å². The van der Waals surface area contributed by atoms with Gasteiger partial charge in [0.15, 0.2) is 0 Å². The summed E-state index contributed by atoms with van der Waals surface area (Å²) in [6.07, 6.45) is 7.51. The van der Waals surface area contributed by atoms with Gasteiger partial charge in [-0.05, 0) is 79.8 Å². The second-order valence-electron chi connectivity index (χ2n) is 13.0. The zero-order valence-corrected chi connectivity index (χ0v) is 24.9. The number of carbonyl (C=O) groups excluding carboxylic acids is 1. The summed E-state index contributed by atoms with van der Waals surface area (Å²) < 4.78 is 44.9. The van der Waals surface area contributed by atoms with Crippen molar-refractivity contribution in [1.29, 1.82) is 0 Å². The summed E-state index contributed by atoms with van der Waals surface area (Å²) in [7, 11) is 0. The Hall–Kier alpha value is -3.40. The van der Waals surface area contributed by atoms with E-state index in [9.17, 15) is 18.4 Å².